The first-order valence-electron chi connectivity index (χ1n) is 6.56. The molecule has 0 aliphatic carbocycles. The average Bonchev–Trinajstić information content (AvgIpc) is 2.88. The predicted molar refractivity (Wildman–Crippen MR) is 75.6 cm³/mol. The highest BCUT2D eigenvalue weighted by molar-refractivity contribution is 6.39. The zero-order valence-electron chi connectivity index (χ0n) is 11.1. The molecule has 0 saturated carbocycles. The highest BCUT2D eigenvalue weighted by atomic mass is 16.4. The van der Waals surface area contributed by atoms with E-state index >= 15 is 0 Å². The van der Waals surface area contributed by atoms with Crippen molar-refractivity contribution >= 4 is 23.3 Å². The lowest BCUT2D eigenvalue weighted by Crippen LogP contribution is -2.54. The van der Waals surface area contributed by atoms with Gasteiger partial charge in [-0.3, -0.25) is 9.59 Å². The summed E-state index contributed by atoms with van der Waals surface area (Å²) in [6.45, 7) is 0. The molecule has 1 atom stereocenters. The largest absolute Gasteiger partial charge is 0.481 e. The number of aliphatic carboxylic acids is 1. The molecule has 0 bridgehead atoms. The number of carboxylic acids is 1. The standard InChI is InChI=1S/C14H14N4O3/c19-12(20)7-6-10-13(21)16-14-15-11(8-18(14)17-10)9-4-2-1-3-5-9/h1-5,8,14-15H,6-7H2,(H,16,21)(H,19,20)/t14-/m1/s1. The van der Waals surface area contributed by atoms with Gasteiger partial charge in [-0.25, -0.2) is 5.01 Å². The molecule has 7 heteroatoms. The minimum atomic E-state index is -0.951. The molecule has 2 heterocycles. The SMILES string of the molecule is O=C(O)CCC1=NN2C=C(c3ccccc3)N[C@@H]2NC1=O. The molecule has 0 aromatic heterocycles. The fourth-order valence-electron chi connectivity index (χ4n) is 2.20. The lowest BCUT2D eigenvalue weighted by Gasteiger charge is -2.27. The first-order chi connectivity index (χ1) is 10.1. The van der Waals surface area contributed by atoms with Crippen LogP contribution in [0.5, 0.6) is 0 Å². The summed E-state index contributed by atoms with van der Waals surface area (Å²) >= 11 is 0. The van der Waals surface area contributed by atoms with Gasteiger partial charge in [0, 0.05) is 6.42 Å². The number of hydrogen-bond acceptors (Lipinski definition) is 5. The van der Waals surface area contributed by atoms with E-state index in [9.17, 15) is 9.59 Å². The van der Waals surface area contributed by atoms with Gasteiger partial charge >= 0.3 is 5.97 Å². The molecule has 2 aliphatic heterocycles. The van der Waals surface area contributed by atoms with E-state index < -0.39 is 12.3 Å². The summed E-state index contributed by atoms with van der Waals surface area (Å²) in [6, 6.07) is 9.68. The van der Waals surface area contributed by atoms with Crippen LogP contribution in [0.3, 0.4) is 0 Å². The Bertz CT molecular complexity index is 639. The number of nitrogens with zero attached hydrogens (tertiary/aromatic N) is 2. The molecule has 0 unspecified atom stereocenters. The Balaban J connectivity index is 1.79. The second-order valence-corrected chi connectivity index (χ2v) is 4.75. The molecule has 3 rings (SSSR count). The number of hydrazone groups is 1. The number of fused-ring (bicyclic) bond motifs is 1. The number of amides is 1. The van der Waals surface area contributed by atoms with Gasteiger partial charge in [-0.1, -0.05) is 30.3 Å². The number of carbonyl (C=O) groups excluding carboxylic acids is 1. The number of hydrogen-bond donors (Lipinski definition) is 3. The van der Waals surface area contributed by atoms with Crippen LogP contribution in [0.15, 0.2) is 41.6 Å². The number of carboxylic acid groups (broad SMARTS) is 1. The molecule has 1 amide bonds. The highest BCUT2D eigenvalue weighted by Gasteiger charge is 2.32. The van der Waals surface area contributed by atoms with Crippen LogP contribution in [0.1, 0.15) is 18.4 Å². The van der Waals surface area contributed by atoms with Gasteiger partial charge in [0.2, 0.25) is 0 Å². The van der Waals surface area contributed by atoms with Crippen molar-refractivity contribution < 1.29 is 14.7 Å². The summed E-state index contributed by atoms with van der Waals surface area (Å²) in [5.41, 5.74) is 2.06. The number of benzene rings is 1. The minimum absolute atomic E-state index is 0.110. The van der Waals surface area contributed by atoms with Gasteiger partial charge in [0.25, 0.3) is 5.91 Å². The average molecular weight is 286 g/mol. The topological polar surface area (TPSA) is 94.0 Å². The molecule has 1 aromatic rings. The minimum Gasteiger partial charge on any atom is -0.481 e. The van der Waals surface area contributed by atoms with E-state index in [4.69, 9.17) is 5.11 Å². The van der Waals surface area contributed by atoms with E-state index in [1.165, 1.54) is 0 Å². The quantitative estimate of drug-likeness (QED) is 0.750. The van der Waals surface area contributed by atoms with Crippen molar-refractivity contribution in [2.24, 2.45) is 5.10 Å². The van der Waals surface area contributed by atoms with Crippen molar-refractivity contribution in [3.05, 3.63) is 42.1 Å². The van der Waals surface area contributed by atoms with Gasteiger partial charge in [0.15, 0.2) is 6.29 Å². The maximum absolute atomic E-state index is 11.9. The van der Waals surface area contributed by atoms with E-state index in [0.29, 0.717) is 0 Å². The lowest BCUT2D eigenvalue weighted by molar-refractivity contribution is -0.136. The van der Waals surface area contributed by atoms with E-state index in [1.807, 2.05) is 30.3 Å². The fourth-order valence-corrected chi connectivity index (χ4v) is 2.20. The fraction of sp³-hybridized carbons (Fsp3) is 0.214. The van der Waals surface area contributed by atoms with Crippen LogP contribution in [0.4, 0.5) is 0 Å². The highest BCUT2D eigenvalue weighted by Crippen LogP contribution is 2.21. The molecular weight excluding hydrogens is 272 g/mol. The van der Waals surface area contributed by atoms with Crippen LogP contribution >= 0.6 is 0 Å². The predicted octanol–water partition coefficient (Wildman–Crippen LogP) is 0.524. The molecule has 3 N–H and O–H groups in total. The second kappa shape index (κ2) is 5.28. The molecule has 0 fully saturated rings. The van der Waals surface area contributed by atoms with Crippen molar-refractivity contribution in [3.8, 4) is 0 Å². The van der Waals surface area contributed by atoms with Gasteiger partial charge < -0.3 is 15.7 Å². The summed E-state index contributed by atoms with van der Waals surface area (Å²) in [5.74, 6) is -1.29. The number of rotatable bonds is 4. The third kappa shape index (κ3) is 2.71. The maximum Gasteiger partial charge on any atom is 0.303 e. The summed E-state index contributed by atoms with van der Waals surface area (Å²) < 4.78 is 0. The molecule has 0 saturated heterocycles. The smallest absolute Gasteiger partial charge is 0.303 e. The van der Waals surface area contributed by atoms with Crippen molar-refractivity contribution in [1.82, 2.24) is 15.6 Å². The Morgan fingerprint density at radius 2 is 2.05 bits per heavy atom. The zero-order chi connectivity index (χ0) is 14.8. The van der Waals surface area contributed by atoms with Gasteiger partial charge in [-0.15, -0.1) is 0 Å². The normalized spacial score (nSPS) is 20.1. The summed E-state index contributed by atoms with van der Waals surface area (Å²) in [5, 5.41) is 20.4. The van der Waals surface area contributed by atoms with Crippen LogP contribution in [0, 0.1) is 0 Å². The zero-order valence-corrected chi connectivity index (χ0v) is 11.1. The molecule has 1 aromatic carbocycles. The van der Waals surface area contributed by atoms with Crippen LogP contribution in [0.25, 0.3) is 5.70 Å². The van der Waals surface area contributed by atoms with E-state index in [1.54, 1.807) is 11.2 Å². The third-order valence-electron chi connectivity index (χ3n) is 3.24. The first kappa shape index (κ1) is 13.2. The van der Waals surface area contributed by atoms with Gasteiger partial charge in [0.05, 0.1) is 18.3 Å². The van der Waals surface area contributed by atoms with Crippen LogP contribution in [-0.4, -0.2) is 34.0 Å². The van der Waals surface area contributed by atoms with E-state index in [2.05, 4.69) is 15.7 Å². The molecule has 2 aliphatic rings. The van der Waals surface area contributed by atoms with Crippen LogP contribution in [0.2, 0.25) is 0 Å². The molecule has 7 nitrogen and oxygen atoms in total. The molecule has 108 valence electrons. The summed E-state index contributed by atoms with van der Waals surface area (Å²) in [7, 11) is 0. The van der Waals surface area contributed by atoms with Gasteiger partial charge in [0.1, 0.15) is 5.71 Å². The summed E-state index contributed by atoms with van der Waals surface area (Å²) in [4.78, 5) is 22.5. The van der Waals surface area contributed by atoms with E-state index in [0.717, 1.165) is 11.3 Å². The number of carbonyl (C=O) groups is 2. The van der Waals surface area contributed by atoms with Crippen molar-refractivity contribution in [2.75, 3.05) is 0 Å². The molecule has 0 spiro atoms. The van der Waals surface area contributed by atoms with Gasteiger partial charge in [-0.05, 0) is 5.56 Å². The molecule has 0 radical (unpaired) electrons. The third-order valence-corrected chi connectivity index (χ3v) is 3.24. The maximum atomic E-state index is 11.9. The van der Waals surface area contributed by atoms with Crippen molar-refractivity contribution in [2.45, 2.75) is 19.1 Å². The van der Waals surface area contributed by atoms with Crippen LogP contribution < -0.4 is 10.6 Å². The van der Waals surface area contributed by atoms with Gasteiger partial charge in [-0.2, -0.15) is 5.10 Å². The van der Waals surface area contributed by atoms with E-state index in [-0.39, 0.29) is 24.5 Å². The van der Waals surface area contributed by atoms with Crippen molar-refractivity contribution in [3.63, 3.8) is 0 Å². The Labute approximate surface area is 120 Å². The monoisotopic (exact) mass is 286 g/mol. The summed E-state index contributed by atoms with van der Waals surface area (Å²) in [6.07, 6.45) is 1.35. The van der Waals surface area contributed by atoms with Crippen molar-refractivity contribution in [1.29, 1.82) is 0 Å². The first-order valence-corrected chi connectivity index (χ1v) is 6.56. The molecule has 21 heavy (non-hydrogen) atoms. The number of nitrogens with one attached hydrogen (secondary N) is 2. The van der Waals surface area contributed by atoms with Crippen LogP contribution in [-0.2, 0) is 9.59 Å². The lowest BCUT2D eigenvalue weighted by atomic mass is 10.2. The second-order valence-electron chi connectivity index (χ2n) is 4.75. The Morgan fingerprint density at radius 1 is 1.29 bits per heavy atom. The Kier molecular flexibility index (Phi) is 3.31. The Morgan fingerprint density at radius 3 is 2.76 bits per heavy atom. The molecular formula is C14H14N4O3. The Hall–Kier alpha value is -2.83.